The van der Waals surface area contributed by atoms with Crippen LogP contribution in [0.25, 0.3) is 0 Å². The fraction of sp³-hybridized carbons (Fsp3) is 0.692. The lowest BCUT2D eigenvalue weighted by Crippen LogP contribution is -2.25. The third-order valence-electron chi connectivity index (χ3n) is 2.76. The third-order valence-corrected chi connectivity index (χ3v) is 2.76. The zero-order valence-corrected chi connectivity index (χ0v) is 11.7. The van der Waals surface area contributed by atoms with Gasteiger partial charge in [0.2, 0.25) is 5.88 Å². The molecule has 0 aliphatic heterocycles. The van der Waals surface area contributed by atoms with Gasteiger partial charge in [-0.2, -0.15) is 5.10 Å². The molecule has 0 aromatic carbocycles. The number of hydrogen-bond donors (Lipinski definition) is 1. The molecule has 1 aromatic rings. The quantitative estimate of drug-likeness (QED) is 0.765. The topological polar surface area (TPSA) is 56.3 Å². The van der Waals surface area contributed by atoms with Crippen molar-refractivity contribution < 1.29 is 9.47 Å². The molecule has 102 valence electrons. The van der Waals surface area contributed by atoms with E-state index in [9.17, 15) is 0 Å². The Morgan fingerprint density at radius 2 is 2.06 bits per heavy atom. The van der Waals surface area contributed by atoms with Crippen molar-refractivity contribution in [2.45, 2.75) is 39.3 Å². The molecule has 0 amide bonds. The molecule has 1 N–H and O–H groups in total. The highest BCUT2D eigenvalue weighted by molar-refractivity contribution is 5.11. The summed E-state index contributed by atoms with van der Waals surface area (Å²) in [5.74, 6) is 0.558. The Hall–Kier alpha value is -1.20. The van der Waals surface area contributed by atoms with E-state index in [-0.39, 0.29) is 5.60 Å². The molecule has 5 heteroatoms. The highest BCUT2D eigenvalue weighted by Gasteiger charge is 2.16. The maximum absolute atomic E-state index is 5.53. The number of nitrogens with one attached hydrogen (secondary N) is 1. The van der Waals surface area contributed by atoms with Crippen molar-refractivity contribution in [3.63, 3.8) is 0 Å². The molecular formula is C13H23N3O2. The summed E-state index contributed by atoms with van der Waals surface area (Å²) >= 11 is 0. The SMILES string of the molecule is CCNCc1ccc(OCCC(C)(C)OC)nn1. The minimum Gasteiger partial charge on any atom is -0.476 e. The minimum absolute atomic E-state index is 0.168. The second kappa shape index (κ2) is 7.28. The van der Waals surface area contributed by atoms with Crippen molar-refractivity contribution in [2.75, 3.05) is 20.3 Å². The maximum Gasteiger partial charge on any atom is 0.233 e. The minimum atomic E-state index is -0.168. The second-order valence-electron chi connectivity index (χ2n) is 4.71. The molecule has 1 aromatic heterocycles. The molecule has 0 aliphatic carbocycles. The van der Waals surface area contributed by atoms with Crippen LogP contribution in [0.15, 0.2) is 12.1 Å². The third kappa shape index (κ3) is 5.42. The van der Waals surface area contributed by atoms with E-state index in [1.165, 1.54) is 0 Å². The lowest BCUT2D eigenvalue weighted by atomic mass is 10.1. The molecular weight excluding hydrogens is 230 g/mol. The first-order chi connectivity index (χ1) is 8.57. The molecule has 1 rings (SSSR count). The van der Waals surface area contributed by atoms with Gasteiger partial charge in [0.15, 0.2) is 0 Å². The first-order valence-corrected chi connectivity index (χ1v) is 6.28. The van der Waals surface area contributed by atoms with Gasteiger partial charge in [0.05, 0.1) is 17.9 Å². The van der Waals surface area contributed by atoms with Crippen LogP contribution in [0.2, 0.25) is 0 Å². The lowest BCUT2D eigenvalue weighted by Gasteiger charge is -2.22. The van der Waals surface area contributed by atoms with E-state index in [2.05, 4.69) is 22.4 Å². The van der Waals surface area contributed by atoms with Crippen LogP contribution in [0, 0.1) is 0 Å². The zero-order valence-electron chi connectivity index (χ0n) is 11.7. The molecule has 0 aliphatic rings. The molecule has 0 fully saturated rings. The van der Waals surface area contributed by atoms with Crippen molar-refractivity contribution in [2.24, 2.45) is 0 Å². The van der Waals surface area contributed by atoms with Crippen LogP contribution in [0.3, 0.4) is 0 Å². The normalized spacial score (nSPS) is 11.6. The Morgan fingerprint density at radius 1 is 1.28 bits per heavy atom. The van der Waals surface area contributed by atoms with Gasteiger partial charge in [-0.05, 0) is 26.5 Å². The van der Waals surface area contributed by atoms with Crippen molar-refractivity contribution in [3.05, 3.63) is 17.8 Å². The Bertz CT molecular complexity index is 339. The number of nitrogens with zero attached hydrogens (tertiary/aromatic N) is 2. The smallest absolute Gasteiger partial charge is 0.233 e. The van der Waals surface area contributed by atoms with Gasteiger partial charge in [0, 0.05) is 26.1 Å². The number of methoxy groups -OCH3 is 1. The molecule has 0 spiro atoms. The van der Waals surface area contributed by atoms with E-state index in [0.717, 1.165) is 25.2 Å². The second-order valence-corrected chi connectivity index (χ2v) is 4.71. The average Bonchev–Trinajstić information content (AvgIpc) is 2.38. The van der Waals surface area contributed by atoms with Gasteiger partial charge < -0.3 is 14.8 Å². The van der Waals surface area contributed by atoms with Gasteiger partial charge in [-0.15, -0.1) is 5.10 Å². The first-order valence-electron chi connectivity index (χ1n) is 6.28. The number of aromatic nitrogens is 2. The predicted molar refractivity (Wildman–Crippen MR) is 70.6 cm³/mol. The summed E-state index contributed by atoms with van der Waals surface area (Å²) in [4.78, 5) is 0. The Kier molecular flexibility index (Phi) is 6.01. The van der Waals surface area contributed by atoms with E-state index in [1.807, 2.05) is 26.0 Å². The van der Waals surface area contributed by atoms with E-state index in [1.54, 1.807) is 7.11 Å². The highest BCUT2D eigenvalue weighted by Crippen LogP contribution is 2.13. The monoisotopic (exact) mass is 253 g/mol. The molecule has 0 saturated heterocycles. The number of rotatable bonds is 8. The Morgan fingerprint density at radius 3 is 2.61 bits per heavy atom. The average molecular weight is 253 g/mol. The van der Waals surface area contributed by atoms with Crippen LogP contribution in [0.5, 0.6) is 5.88 Å². The molecule has 0 unspecified atom stereocenters. The van der Waals surface area contributed by atoms with Gasteiger partial charge in [0.25, 0.3) is 0 Å². The van der Waals surface area contributed by atoms with E-state index in [4.69, 9.17) is 9.47 Å². The molecule has 5 nitrogen and oxygen atoms in total. The molecule has 18 heavy (non-hydrogen) atoms. The summed E-state index contributed by atoms with van der Waals surface area (Å²) in [6.07, 6.45) is 0.810. The van der Waals surface area contributed by atoms with Gasteiger partial charge in [-0.25, -0.2) is 0 Å². The molecule has 0 radical (unpaired) electrons. The Labute approximate surface area is 109 Å². The summed E-state index contributed by atoms with van der Waals surface area (Å²) in [6, 6.07) is 3.77. The summed E-state index contributed by atoms with van der Waals surface area (Å²) in [5.41, 5.74) is 0.750. The Balaban J connectivity index is 2.35. The van der Waals surface area contributed by atoms with Crippen molar-refractivity contribution in [1.29, 1.82) is 0 Å². The van der Waals surface area contributed by atoms with Crippen molar-refractivity contribution in [1.82, 2.24) is 15.5 Å². The molecule has 1 heterocycles. The van der Waals surface area contributed by atoms with E-state index < -0.39 is 0 Å². The van der Waals surface area contributed by atoms with Crippen LogP contribution in [-0.2, 0) is 11.3 Å². The maximum atomic E-state index is 5.53. The molecule has 0 saturated carbocycles. The number of hydrogen-bond acceptors (Lipinski definition) is 5. The van der Waals surface area contributed by atoms with E-state index >= 15 is 0 Å². The summed E-state index contributed by atoms with van der Waals surface area (Å²) < 4.78 is 10.8. The van der Waals surface area contributed by atoms with Crippen LogP contribution < -0.4 is 10.1 Å². The van der Waals surface area contributed by atoms with Crippen molar-refractivity contribution in [3.8, 4) is 5.88 Å². The standard InChI is InChI=1S/C13H23N3O2/c1-5-14-10-11-6-7-12(16-15-11)18-9-8-13(2,3)17-4/h6-7,14H,5,8-10H2,1-4H3. The fourth-order valence-corrected chi connectivity index (χ4v) is 1.28. The van der Waals surface area contributed by atoms with Gasteiger partial charge in [-0.1, -0.05) is 6.92 Å². The van der Waals surface area contributed by atoms with Crippen molar-refractivity contribution >= 4 is 0 Å². The number of ether oxygens (including phenoxy) is 2. The van der Waals surface area contributed by atoms with Crippen LogP contribution in [0.1, 0.15) is 32.9 Å². The lowest BCUT2D eigenvalue weighted by molar-refractivity contribution is 0.00500. The summed E-state index contributed by atoms with van der Waals surface area (Å²) in [5, 5.41) is 11.3. The molecule has 0 atom stereocenters. The van der Waals surface area contributed by atoms with Crippen LogP contribution >= 0.6 is 0 Å². The largest absolute Gasteiger partial charge is 0.476 e. The first kappa shape index (κ1) is 14.9. The van der Waals surface area contributed by atoms with Crippen LogP contribution in [0.4, 0.5) is 0 Å². The summed E-state index contributed by atoms with van der Waals surface area (Å²) in [7, 11) is 1.70. The van der Waals surface area contributed by atoms with Gasteiger partial charge in [-0.3, -0.25) is 0 Å². The van der Waals surface area contributed by atoms with E-state index in [0.29, 0.717) is 12.5 Å². The van der Waals surface area contributed by atoms with Crippen LogP contribution in [-0.4, -0.2) is 36.1 Å². The predicted octanol–water partition coefficient (Wildman–Crippen LogP) is 1.78. The van der Waals surface area contributed by atoms with Gasteiger partial charge >= 0.3 is 0 Å². The van der Waals surface area contributed by atoms with Gasteiger partial charge in [0.1, 0.15) is 0 Å². The zero-order chi connectivity index (χ0) is 13.4. The molecule has 0 bridgehead atoms. The summed E-state index contributed by atoms with van der Waals surface area (Å²) in [6.45, 7) is 8.35. The highest BCUT2D eigenvalue weighted by atomic mass is 16.5. The fourth-order valence-electron chi connectivity index (χ4n) is 1.28.